The van der Waals surface area contributed by atoms with Crippen LogP contribution in [0.5, 0.6) is 11.5 Å². The van der Waals surface area contributed by atoms with Gasteiger partial charge in [-0.3, -0.25) is 4.79 Å². The maximum absolute atomic E-state index is 12.8. The molecule has 2 aromatic carbocycles. The van der Waals surface area contributed by atoms with Crippen molar-refractivity contribution in [1.82, 2.24) is 4.90 Å². The zero-order valence-corrected chi connectivity index (χ0v) is 15.8. The second kappa shape index (κ2) is 8.26. The molecule has 0 unspecified atom stereocenters. The van der Waals surface area contributed by atoms with Crippen molar-refractivity contribution >= 4 is 5.91 Å². The Morgan fingerprint density at radius 2 is 1.88 bits per heavy atom. The smallest absolute Gasteiger partial charge is 0.223 e. The minimum atomic E-state index is 0.182. The van der Waals surface area contributed by atoms with Crippen LogP contribution in [-0.2, 0) is 17.6 Å². The summed E-state index contributed by atoms with van der Waals surface area (Å²) in [6, 6.07) is 14.5. The van der Waals surface area contributed by atoms with Crippen LogP contribution in [0.3, 0.4) is 0 Å². The summed E-state index contributed by atoms with van der Waals surface area (Å²) in [5, 5.41) is 0. The van der Waals surface area contributed by atoms with Gasteiger partial charge in [-0.2, -0.15) is 0 Å². The summed E-state index contributed by atoms with van der Waals surface area (Å²) in [4.78, 5) is 14.7. The average Bonchev–Trinajstić information content (AvgIpc) is 2.70. The van der Waals surface area contributed by atoms with E-state index in [2.05, 4.69) is 24.3 Å². The van der Waals surface area contributed by atoms with Gasteiger partial charge in [-0.15, -0.1) is 0 Å². The highest BCUT2D eigenvalue weighted by Gasteiger charge is 2.26. The number of aryl methyl sites for hydroxylation is 2. The van der Waals surface area contributed by atoms with Gasteiger partial charge in [0.25, 0.3) is 0 Å². The fraction of sp³-hybridized carbons (Fsp3) is 0.409. The van der Waals surface area contributed by atoms with Crippen molar-refractivity contribution in [1.29, 1.82) is 0 Å². The lowest BCUT2D eigenvalue weighted by atomic mass is 9.87. The average molecular weight is 353 g/mol. The van der Waals surface area contributed by atoms with Crippen LogP contribution in [0.15, 0.2) is 42.5 Å². The number of rotatable bonds is 6. The van der Waals surface area contributed by atoms with Crippen molar-refractivity contribution in [2.24, 2.45) is 0 Å². The molecule has 26 heavy (non-hydrogen) atoms. The summed E-state index contributed by atoms with van der Waals surface area (Å²) in [7, 11) is 5.18. The second-order valence-corrected chi connectivity index (χ2v) is 6.80. The molecule has 0 spiro atoms. The first-order valence-corrected chi connectivity index (χ1v) is 9.18. The highest BCUT2D eigenvalue weighted by molar-refractivity contribution is 5.77. The van der Waals surface area contributed by atoms with Crippen molar-refractivity contribution in [3.8, 4) is 11.5 Å². The number of hydrogen-bond donors (Lipinski definition) is 0. The molecule has 0 aromatic heterocycles. The van der Waals surface area contributed by atoms with E-state index in [1.54, 1.807) is 14.2 Å². The summed E-state index contributed by atoms with van der Waals surface area (Å²) >= 11 is 0. The molecule has 0 heterocycles. The molecule has 4 heteroatoms. The van der Waals surface area contributed by atoms with E-state index in [0.29, 0.717) is 24.3 Å². The number of nitrogens with zero attached hydrogens (tertiary/aromatic N) is 1. The number of carbonyl (C=O) groups is 1. The summed E-state index contributed by atoms with van der Waals surface area (Å²) in [6.45, 7) is 0. The fourth-order valence-corrected chi connectivity index (χ4v) is 3.77. The molecule has 0 fully saturated rings. The van der Waals surface area contributed by atoms with Crippen LogP contribution in [-0.4, -0.2) is 32.1 Å². The fourth-order valence-electron chi connectivity index (χ4n) is 3.77. The Labute approximate surface area is 155 Å². The Balaban J connectivity index is 1.65. The zero-order valence-electron chi connectivity index (χ0n) is 15.8. The SMILES string of the molecule is COc1ccc(CCC(=O)N(C)[C@@H]2CCCc3ccccc32)cc1OC. The molecule has 0 saturated carbocycles. The van der Waals surface area contributed by atoms with Gasteiger partial charge in [0.1, 0.15) is 0 Å². The minimum absolute atomic E-state index is 0.182. The molecule has 1 aliphatic carbocycles. The predicted molar refractivity (Wildman–Crippen MR) is 103 cm³/mol. The number of methoxy groups -OCH3 is 2. The summed E-state index contributed by atoms with van der Waals surface area (Å²) in [5.74, 6) is 1.59. The Kier molecular flexibility index (Phi) is 5.82. The minimum Gasteiger partial charge on any atom is -0.493 e. The Hall–Kier alpha value is -2.49. The molecular formula is C22H27NO3. The molecule has 0 aliphatic heterocycles. The van der Waals surface area contributed by atoms with Crippen LogP contribution in [0.4, 0.5) is 0 Å². The van der Waals surface area contributed by atoms with Gasteiger partial charge >= 0.3 is 0 Å². The molecule has 0 bridgehead atoms. The van der Waals surface area contributed by atoms with Gasteiger partial charge in [-0.25, -0.2) is 0 Å². The monoisotopic (exact) mass is 353 g/mol. The molecule has 0 N–H and O–H groups in total. The largest absolute Gasteiger partial charge is 0.493 e. The van der Waals surface area contributed by atoms with Crippen molar-refractivity contribution in [3.05, 3.63) is 59.2 Å². The van der Waals surface area contributed by atoms with E-state index in [0.717, 1.165) is 24.8 Å². The van der Waals surface area contributed by atoms with Crippen LogP contribution in [0.1, 0.15) is 42.0 Å². The molecule has 0 radical (unpaired) electrons. The molecule has 4 nitrogen and oxygen atoms in total. The third-order valence-corrected chi connectivity index (χ3v) is 5.27. The van der Waals surface area contributed by atoms with Crippen molar-refractivity contribution in [3.63, 3.8) is 0 Å². The van der Waals surface area contributed by atoms with E-state index >= 15 is 0 Å². The highest BCUT2D eigenvalue weighted by Crippen LogP contribution is 2.34. The normalized spacial score (nSPS) is 15.9. The first-order chi connectivity index (χ1) is 12.6. The molecular weight excluding hydrogens is 326 g/mol. The quantitative estimate of drug-likeness (QED) is 0.782. The maximum atomic E-state index is 12.8. The van der Waals surface area contributed by atoms with Crippen LogP contribution < -0.4 is 9.47 Å². The molecule has 3 rings (SSSR count). The van der Waals surface area contributed by atoms with Gasteiger partial charge in [0, 0.05) is 13.5 Å². The Morgan fingerprint density at radius 3 is 2.65 bits per heavy atom. The number of amides is 1. The van der Waals surface area contributed by atoms with E-state index in [-0.39, 0.29) is 11.9 Å². The van der Waals surface area contributed by atoms with Gasteiger partial charge in [0.05, 0.1) is 20.3 Å². The number of ether oxygens (including phenoxy) is 2. The van der Waals surface area contributed by atoms with E-state index in [9.17, 15) is 4.79 Å². The molecule has 2 aromatic rings. The number of carbonyl (C=O) groups excluding carboxylic acids is 1. The van der Waals surface area contributed by atoms with Gasteiger partial charge in [-0.1, -0.05) is 30.3 Å². The molecule has 0 saturated heterocycles. The Bertz CT molecular complexity index is 772. The summed E-state index contributed by atoms with van der Waals surface area (Å²) in [6.07, 6.45) is 4.47. The van der Waals surface area contributed by atoms with E-state index in [4.69, 9.17) is 9.47 Å². The third kappa shape index (κ3) is 3.85. The van der Waals surface area contributed by atoms with E-state index in [1.165, 1.54) is 11.1 Å². The molecule has 138 valence electrons. The van der Waals surface area contributed by atoms with Crippen molar-refractivity contribution in [2.75, 3.05) is 21.3 Å². The standard InChI is InChI=1S/C22H27NO3/c1-23(19-10-6-8-17-7-4-5-9-18(17)19)22(24)14-12-16-11-13-20(25-2)21(15-16)26-3/h4-5,7,9,11,13,15,19H,6,8,10,12,14H2,1-3H3/t19-/m1/s1. The lowest BCUT2D eigenvalue weighted by Gasteiger charge is -2.33. The number of fused-ring (bicyclic) bond motifs is 1. The first kappa shape index (κ1) is 18.3. The maximum Gasteiger partial charge on any atom is 0.223 e. The first-order valence-electron chi connectivity index (χ1n) is 9.18. The van der Waals surface area contributed by atoms with Crippen LogP contribution in [0.2, 0.25) is 0 Å². The van der Waals surface area contributed by atoms with E-state index in [1.807, 2.05) is 30.1 Å². The van der Waals surface area contributed by atoms with Gasteiger partial charge in [0.2, 0.25) is 5.91 Å². The predicted octanol–water partition coefficient (Wildman–Crippen LogP) is 4.17. The van der Waals surface area contributed by atoms with Crippen LogP contribution in [0.25, 0.3) is 0 Å². The number of benzene rings is 2. The number of hydrogen-bond acceptors (Lipinski definition) is 3. The molecule has 1 amide bonds. The lowest BCUT2D eigenvalue weighted by Crippen LogP contribution is -2.33. The van der Waals surface area contributed by atoms with Crippen molar-refractivity contribution in [2.45, 2.75) is 38.1 Å². The molecule has 1 aliphatic rings. The van der Waals surface area contributed by atoms with Crippen LogP contribution in [0, 0.1) is 0 Å². The van der Waals surface area contributed by atoms with Gasteiger partial charge in [0.15, 0.2) is 11.5 Å². The van der Waals surface area contributed by atoms with Crippen molar-refractivity contribution < 1.29 is 14.3 Å². The highest BCUT2D eigenvalue weighted by atomic mass is 16.5. The summed E-state index contributed by atoms with van der Waals surface area (Å²) in [5.41, 5.74) is 3.76. The van der Waals surface area contributed by atoms with Gasteiger partial charge < -0.3 is 14.4 Å². The Morgan fingerprint density at radius 1 is 1.12 bits per heavy atom. The lowest BCUT2D eigenvalue weighted by molar-refractivity contribution is -0.132. The molecule has 1 atom stereocenters. The topological polar surface area (TPSA) is 38.8 Å². The second-order valence-electron chi connectivity index (χ2n) is 6.80. The third-order valence-electron chi connectivity index (χ3n) is 5.27. The zero-order chi connectivity index (χ0) is 18.5. The summed E-state index contributed by atoms with van der Waals surface area (Å²) < 4.78 is 10.6. The van der Waals surface area contributed by atoms with E-state index < -0.39 is 0 Å². The van der Waals surface area contributed by atoms with Crippen LogP contribution >= 0.6 is 0 Å². The van der Waals surface area contributed by atoms with Gasteiger partial charge in [-0.05, 0) is 54.5 Å².